The summed E-state index contributed by atoms with van der Waals surface area (Å²) in [6, 6.07) is 19.0. The zero-order chi connectivity index (χ0) is 29.8. The molecular weight excluding hydrogens is 561 g/mol. The lowest BCUT2D eigenvalue weighted by Crippen LogP contribution is -2.43. The molecule has 0 unspecified atom stereocenters. The van der Waals surface area contributed by atoms with Gasteiger partial charge in [0.05, 0.1) is 17.1 Å². The molecule has 11 heteroatoms. The Balaban J connectivity index is 1.28. The van der Waals surface area contributed by atoms with E-state index in [1.165, 1.54) is 21.7 Å². The molecule has 5 rings (SSSR count). The van der Waals surface area contributed by atoms with E-state index in [-0.39, 0.29) is 66.5 Å². The smallest absolute Gasteiger partial charge is 0.269 e. The molecule has 0 spiro atoms. The SMILES string of the molecule is NC(=O)c1nn(CC(=O)N(CC(=O)NCc2cccc(Cl)c2F)C2CC2)c2ccc(CC(=O)Cc3ccccc3)cc12. The summed E-state index contributed by atoms with van der Waals surface area (Å²) >= 11 is 5.81. The number of primary amides is 1. The topological polar surface area (TPSA) is 127 Å². The second-order valence-electron chi connectivity index (χ2n) is 10.3. The van der Waals surface area contributed by atoms with E-state index in [0.717, 1.165) is 18.4 Å². The van der Waals surface area contributed by atoms with Crippen LogP contribution in [0.5, 0.6) is 0 Å². The number of amides is 3. The first-order chi connectivity index (χ1) is 20.2. The number of rotatable bonds is 12. The van der Waals surface area contributed by atoms with Gasteiger partial charge in [0.25, 0.3) is 5.91 Å². The number of nitrogens with one attached hydrogen (secondary N) is 1. The maximum Gasteiger partial charge on any atom is 0.269 e. The zero-order valence-electron chi connectivity index (χ0n) is 22.7. The molecule has 0 aliphatic heterocycles. The molecule has 1 aromatic heterocycles. The zero-order valence-corrected chi connectivity index (χ0v) is 23.4. The molecule has 0 atom stereocenters. The van der Waals surface area contributed by atoms with Crippen LogP contribution in [0.4, 0.5) is 4.39 Å². The third kappa shape index (κ3) is 6.83. The van der Waals surface area contributed by atoms with Crippen molar-refractivity contribution in [1.29, 1.82) is 0 Å². The Bertz CT molecular complexity index is 1670. The molecule has 42 heavy (non-hydrogen) atoms. The third-order valence-corrected chi connectivity index (χ3v) is 7.40. The van der Waals surface area contributed by atoms with Gasteiger partial charge in [0.2, 0.25) is 11.8 Å². The largest absolute Gasteiger partial charge is 0.364 e. The van der Waals surface area contributed by atoms with Gasteiger partial charge in [-0.1, -0.05) is 60.1 Å². The molecule has 216 valence electrons. The fourth-order valence-electron chi connectivity index (χ4n) is 4.87. The number of aromatic nitrogens is 2. The number of nitrogens with zero attached hydrogens (tertiary/aromatic N) is 3. The van der Waals surface area contributed by atoms with Crippen LogP contribution in [0.15, 0.2) is 66.7 Å². The average Bonchev–Trinajstić information content (AvgIpc) is 3.74. The van der Waals surface area contributed by atoms with Crippen molar-refractivity contribution >= 4 is 46.0 Å². The molecule has 0 bridgehead atoms. The van der Waals surface area contributed by atoms with Gasteiger partial charge in [-0.3, -0.25) is 23.9 Å². The van der Waals surface area contributed by atoms with Crippen molar-refractivity contribution < 1.29 is 23.6 Å². The number of carbonyl (C=O) groups is 4. The van der Waals surface area contributed by atoms with Gasteiger partial charge >= 0.3 is 0 Å². The summed E-state index contributed by atoms with van der Waals surface area (Å²) in [5.74, 6) is -2.15. The molecule has 1 aliphatic carbocycles. The van der Waals surface area contributed by atoms with Crippen LogP contribution in [0.25, 0.3) is 10.9 Å². The van der Waals surface area contributed by atoms with Crippen LogP contribution in [0.1, 0.15) is 40.0 Å². The highest BCUT2D eigenvalue weighted by Crippen LogP contribution is 2.28. The average molecular weight is 590 g/mol. The van der Waals surface area contributed by atoms with Crippen molar-refractivity contribution in [1.82, 2.24) is 20.0 Å². The Kier molecular flexibility index (Phi) is 8.63. The number of hydrogen-bond acceptors (Lipinski definition) is 5. The molecule has 3 N–H and O–H groups in total. The van der Waals surface area contributed by atoms with Gasteiger partial charge in [0, 0.05) is 36.4 Å². The number of carbonyl (C=O) groups excluding carboxylic acids is 4. The van der Waals surface area contributed by atoms with E-state index < -0.39 is 17.6 Å². The molecule has 9 nitrogen and oxygen atoms in total. The minimum Gasteiger partial charge on any atom is -0.364 e. The normalized spacial score (nSPS) is 12.7. The Morgan fingerprint density at radius 2 is 1.74 bits per heavy atom. The number of halogens is 2. The fourth-order valence-corrected chi connectivity index (χ4v) is 5.06. The number of Topliss-reactive ketones (excluding diaryl/α,β-unsaturated/α-hetero) is 1. The highest BCUT2D eigenvalue weighted by molar-refractivity contribution is 6.30. The molecule has 1 heterocycles. The highest BCUT2D eigenvalue weighted by atomic mass is 35.5. The maximum atomic E-state index is 14.2. The number of hydrogen-bond donors (Lipinski definition) is 2. The molecule has 0 saturated heterocycles. The van der Waals surface area contributed by atoms with Crippen molar-refractivity contribution in [3.05, 3.63) is 100.0 Å². The monoisotopic (exact) mass is 589 g/mol. The molecule has 0 radical (unpaired) electrons. The number of benzene rings is 3. The van der Waals surface area contributed by atoms with E-state index >= 15 is 0 Å². The Morgan fingerprint density at radius 3 is 2.45 bits per heavy atom. The van der Waals surface area contributed by atoms with Crippen molar-refractivity contribution in [2.24, 2.45) is 5.73 Å². The van der Waals surface area contributed by atoms with E-state index in [1.54, 1.807) is 24.3 Å². The molecular formula is C31H29ClFN5O4. The van der Waals surface area contributed by atoms with E-state index in [4.69, 9.17) is 17.3 Å². The molecule has 1 aliphatic rings. The fraction of sp³-hybridized carbons (Fsp3) is 0.258. The van der Waals surface area contributed by atoms with E-state index in [1.807, 2.05) is 30.3 Å². The van der Waals surface area contributed by atoms with Crippen molar-refractivity contribution in [3.63, 3.8) is 0 Å². The molecule has 3 amide bonds. The summed E-state index contributed by atoms with van der Waals surface area (Å²) in [5, 5.41) is 7.36. The Hall–Kier alpha value is -4.57. The van der Waals surface area contributed by atoms with Crippen molar-refractivity contribution in [2.45, 2.75) is 44.8 Å². The summed E-state index contributed by atoms with van der Waals surface area (Å²) in [7, 11) is 0. The predicted molar refractivity (Wildman–Crippen MR) is 155 cm³/mol. The summed E-state index contributed by atoms with van der Waals surface area (Å²) < 4.78 is 15.6. The van der Waals surface area contributed by atoms with Crippen LogP contribution >= 0.6 is 11.6 Å². The van der Waals surface area contributed by atoms with Crippen LogP contribution in [0, 0.1) is 5.82 Å². The maximum absolute atomic E-state index is 14.2. The van der Waals surface area contributed by atoms with Gasteiger partial charge in [-0.15, -0.1) is 0 Å². The van der Waals surface area contributed by atoms with Gasteiger partial charge in [0.15, 0.2) is 5.69 Å². The lowest BCUT2D eigenvalue weighted by atomic mass is 10.0. The number of ketones is 1. The van der Waals surface area contributed by atoms with E-state index in [9.17, 15) is 23.6 Å². The minimum atomic E-state index is -0.759. The standard InChI is InChI=1S/C31H29ClFN5O4/c32-25-8-4-7-21(29(25)33)16-35-27(40)17-37(22-10-11-22)28(41)18-38-26-12-9-20(15-24(26)30(36-38)31(34)42)14-23(39)13-19-5-2-1-3-6-19/h1-9,12,15,22H,10-11,13-14,16-18H2,(H2,34,42)(H,35,40). The Labute approximate surface area is 246 Å². The first-order valence-corrected chi connectivity index (χ1v) is 13.9. The van der Waals surface area contributed by atoms with E-state index in [2.05, 4.69) is 10.4 Å². The second-order valence-corrected chi connectivity index (χ2v) is 10.7. The highest BCUT2D eigenvalue weighted by Gasteiger charge is 2.34. The second kappa shape index (κ2) is 12.5. The van der Waals surface area contributed by atoms with Gasteiger partial charge < -0.3 is 16.0 Å². The van der Waals surface area contributed by atoms with Crippen molar-refractivity contribution in [2.75, 3.05) is 6.54 Å². The first-order valence-electron chi connectivity index (χ1n) is 13.5. The number of nitrogens with two attached hydrogens (primary N) is 1. The van der Waals surface area contributed by atoms with Crippen LogP contribution in [0.2, 0.25) is 5.02 Å². The lowest BCUT2D eigenvalue weighted by Gasteiger charge is -2.22. The quantitative estimate of drug-likeness (QED) is 0.261. The van der Waals surface area contributed by atoms with Gasteiger partial charge in [-0.2, -0.15) is 5.10 Å². The molecule has 4 aromatic rings. The van der Waals surface area contributed by atoms with Gasteiger partial charge in [-0.25, -0.2) is 4.39 Å². The minimum absolute atomic E-state index is 0.00516. The van der Waals surface area contributed by atoms with Gasteiger partial charge in [-0.05, 0) is 42.2 Å². The van der Waals surface area contributed by atoms with Crippen molar-refractivity contribution in [3.8, 4) is 0 Å². The van der Waals surface area contributed by atoms with Crippen LogP contribution in [-0.2, 0) is 40.3 Å². The molecule has 1 saturated carbocycles. The summed E-state index contributed by atoms with van der Waals surface area (Å²) in [5.41, 5.74) is 7.95. The molecule has 3 aromatic carbocycles. The van der Waals surface area contributed by atoms with E-state index in [0.29, 0.717) is 16.5 Å². The molecule has 1 fully saturated rings. The lowest BCUT2D eigenvalue weighted by molar-refractivity contribution is -0.137. The predicted octanol–water partition coefficient (Wildman–Crippen LogP) is 3.59. The summed E-state index contributed by atoms with van der Waals surface area (Å²) in [6.45, 7) is -0.496. The van der Waals surface area contributed by atoms with Crippen LogP contribution < -0.4 is 11.1 Å². The Morgan fingerprint density at radius 1 is 1.00 bits per heavy atom. The van der Waals surface area contributed by atoms with Crippen LogP contribution in [-0.4, -0.2) is 50.8 Å². The summed E-state index contributed by atoms with van der Waals surface area (Å²) in [4.78, 5) is 52.4. The summed E-state index contributed by atoms with van der Waals surface area (Å²) in [6.07, 6.45) is 1.97. The van der Waals surface area contributed by atoms with Gasteiger partial charge in [0.1, 0.15) is 18.1 Å². The first kappa shape index (κ1) is 28.9. The number of fused-ring (bicyclic) bond motifs is 1. The van der Waals surface area contributed by atoms with Crippen LogP contribution in [0.3, 0.4) is 0 Å². The third-order valence-electron chi connectivity index (χ3n) is 7.11.